The van der Waals surface area contributed by atoms with E-state index in [1.165, 1.54) is 0 Å². The molecule has 4 heterocycles. The van der Waals surface area contributed by atoms with E-state index in [0.717, 1.165) is 50.4 Å². The molecule has 0 spiro atoms. The minimum atomic E-state index is 0.292. The van der Waals surface area contributed by atoms with Crippen LogP contribution in [-0.4, -0.2) is 58.6 Å². The van der Waals surface area contributed by atoms with Gasteiger partial charge in [0.2, 0.25) is 5.91 Å². The molecule has 3 aliphatic rings. The van der Waals surface area contributed by atoms with E-state index in [0.29, 0.717) is 37.0 Å². The Morgan fingerprint density at radius 2 is 2.04 bits per heavy atom. The van der Waals surface area contributed by atoms with Crippen molar-refractivity contribution in [2.45, 2.75) is 57.3 Å². The molecule has 5 nitrogen and oxygen atoms in total. The minimum Gasteiger partial charge on any atom is -0.381 e. The number of rotatable bonds is 3. The van der Waals surface area contributed by atoms with Gasteiger partial charge in [-0.15, -0.1) is 0 Å². The average Bonchev–Trinajstić information content (AvgIpc) is 3.09. The van der Waals surface area contributed by atoms with Gasteiger partial charge < -0.3 is 9.64 Å². The van der Waals surface area contributed by atoms with Crippen LogP contribution in [0.15, 0.2) is 18.2 Å². The van der Waals surface area contributed by atoms with Crippen LogP contribution in [0, 0.1) is 6.92 Å². The first kappa shape index (κ1) is 15.1. The quantitative estimate of drug-likeness (QED) is 0.852. The number of carbonyl (C=O) groups is 1. The van der Waals surface area contributed by atoms with E-state index in [2.05, 4.69) is 14.8 Å². The number of fused-ring (bicyclic) bond motifs is 1. The molecule has 1 aromatic heterocycles. The number of hydrogen-bond donors (Lipinski definition) is 0. The molecular formula is C18H25N3O2. The molecule has 3 fully saturated rings. The maximum absolute atomic E-state index is 12.6. The third-order valence-electron chi connectivity index (χ3n) is 5.60. The second-order valence-electron chi connectivity index (χ2n) is 7.00. The van der Waals surface area contributed by atoms with Crippen molar-refractivity contribution in [3.05, 3.63) is 29.6 Å². The fourth-order valence-corrected chi connectivity index (χ4v) is 4.50. The van der Waals surface area contributed by atoms with Crippen molar-refractivity contribution >= 4 is 5.91 Å². The van der Waals surface area contributed by atoms with E-state index < -0.39 is 0 Å². The first-order valence-electron chi connectivity index (χ1n) is 8.78. The lowest BCUT2D eigenvalue weighted by atomic mass is 10.0. The third-order valence-corrected chi connectivity index (χ3v) is 5.60. The van der Waals surface area contributed by atoms with Gasteiger partial charge in [0, 0.05) is 50.0 Å². The second-order valence-corrected chi connectivity index (χ2v) is 7.00. The number of hydrogen-bond acceptors (Lipinski definition) is 4. The number of aromatic nitrogens is 1. The average molecular weight is 315 g/mol. The number of pyridine rings is 1. The fraction of sp³-hybridized carbons (Fsp3) is 0.667. The molecule has 0 unspecified atom stereocenters. The summed E-state index contributed by atoms with van der Waals surface area (Å²) >= 11 is 0. The van der Waals surface area contributed by atoms with Crippen molar-refractivity contribution in [3.63, 3.8) is 0 Å². The van der Waals surface area contributed by atoms with Crippen LogP contribution in [0.1, 0.15) is 37.1 Å². The van der Waals surface area contributed by atoms with Gasteiger partial charge in [0.05, 0.1) is 12.2 Å². The number of likely N-dealkylation sites (tertiary alicyclic amines) is 2. The van der Waals surface area contributed by atoms with Gasteiger partial charge in [0.25, 0.3) is 0 Å². The van der Waals surface area contributed by atoms with Crippen molar-refractivity contribution in [1.29, 1.82) is 0 Å². The molecule has 3 aliphatic heterocycles. The number of carbonyl (C=O) groups excluding carboxylic acids is 1. The molecule has 3 saturated heterocycles. The summed E-state index contributed by atoms with van der Waals surface area (Å²) in [6.07, 6.45) is 3.99. The molecule has 1 amide bonds. The summed E-state index contributed by atoms with van der Waals surface area (Å²) < 4.78 is 5.49. The Kier molecular flexibility index (Phi) is 4.07. The van der Waals surface area contributed by atoms with Crippen LogP contribution in [0.5, 0.6) is 0 Å². The van der Waals surface area contributed by atoms with Crippen LogP contribution >= 0.6 is 0 Å². The Hall–Kier alpha value is -1.46. The van der Waals surface area contributed by atoms with Crippen LogP contribution in [0.2, 0.25) is 0 Å². The SMILES string of the molecule is Cc1cccc(CN2C(=O)C[C@@H]3[C@@H]2CCN3C2CCOCC2)n1. The smallest absolute Gasteiger partial charge is 0.224 e. The van der Waals surface area contributed by atoms with Crippen molar-refractivity contribution in [3.8, 4) is 0 Å². The van der Waals surface area contributed by atoms with E-state index >= 15 is 0 Å². The molecular weight excluding hydrogens is 290 g/mol. The first-order valence-corrected chi connectivity index (χ1v) is 8.78. The van der Waals surface area contributed by atoms with Crippen molar-refractivity contribution < 1.29 is 9.53 Å². The molecule has 23 heavy (non-hydrogen) atoms. The number of amides is 1. The van der Waals surface area contributed by atoms with Crippen molar-refractivity contribution in [2.75, 3.05) is 19.8 Å². The molecule has 5 heteroatoms. The summed E-state index contributed by atoms with van der Waals surface area (Å²) in [6.45, 7) is 5.50. The number of ether oxygens (including phenoxy) is 1. The first-order chi connectivity index (χ1) is 11.2. The van der Waals surface area contributed by atoms with Gasteiger partial charge in [0.1, 0.15) is 0 Å². The topological polar surface area (TPSA) is 45.7 Å². The maximum atomic E-state index is 12.6. The summed E-state index contributed by atoms with van der Waals surface area (Å²) in [4.78, 5) is 21.8. The predicted octanol–water partition coefficient (Wildman–Crippen LogP) is 1.74. The van der Waals surface area contributed by atoms with Crippen LogP contribution < -0.4 is 0 Å². The van der Waals surface area contributed by atoms with E-state index in [-0.39, 0.29) is 0 Å². The standard InChI is InChI=1S/C18H25N3O2/c1-13-3-2-4-14(19-13)12-21-16-5-8-20(17(16)11-18(21)22)15-6-9-23-10-7-15/h2-4,15-17H,5-12H2,1H3/t16-,17+/m0/s1. The van der Waals surface area contributed by atoms with E-state index in [9.17, 15) is 4.79 Å². The molecule has 0 N–H and O–H groups in total. The van der Waals surface area contributed by atoms with Gasteiger partial charge in [-0.1, -0.05) is 6.07 Å². The highest BCUT2D eigenvalue weighted by atomic mass is 16.5. The van der Waals surface area contributed by atoms with Crippen LogP contribution in [-0.2, 0) is 16.1 Å². The van der Waals surface area contributed by atoms with Gasteiger partial charge in [0.15, 0.2) is 0 Å². The van der Waals surface area contributed by atoms with E-state index in [1.54, 1.807) is 0 Å². The monoisotopic (exact) mass is 315 g/mol. The molecule has 0 aliphatic carbocycles. The Morgan fingerprint density at radius 3 is 2.83 bits per heavy atom. The predicted molar refractivity (Wildman–Crippen MR) is 86.9 cm³/mol. The largest absolute Gasteiger partial charge is 0.381 e. The van der Waals surface area contributed by atoms with Gasteiger partial charge >= 0.3 is 0 Å². The molecule has 0 saturated carbocycles. The molecule has 2 atom stereocenters. The molecule has 1 aromatic rings. The molecule has 124 valence electrons. The Bertz CT molecular complexity index is 585. The Labute approximate surface area is 137 Å². The highest BCUT2D eigenvalue weighted by molar-refractivity contribution is 5.80. The lowest BCUT2D eigenvalue weighted by Crippen LogP contribution is -2.44. The molecule has 4 rings (SSSR count). The van der Waals surface area contributed by atoms with Gasteiger partial charge in [-0.2, -0.15) is 0 Å². The van der Waals surface area contributed by atoms with Crippen LogP contribution in [0.25, 0.3) is 0 Å². The second kappa shape index (κ2) is 6.21. The number of nitrogens with zero attached hydrogens (tertiary/aromatic N) is 3. The Morgan fingerprint density at radius 1 is 1.22 bits per heavy atom. The summed E-state index contributed by atoms with van der Waals surface area (Å²) in [7, 11) is 0. The third kappa shape index (κ3) is 2.88. The van der Waals surface area contributed by atoms with Crippen molar-refractivity contribution in [1.82, 2.24) is 14.8 Å². The van der Waals surface area contributed by atoms with Gasteiger partial charge in [-0.25, -0.2) is 0 Å². The summed E-state index contributed by atoms with van der Waals surface area (Å²) in [5, 5.41) is 0. The lowest BCUT2D eigenvalue weighted by Gasteiger charge is -2.34. The summed E-state index contributed by atoms with van der Waals surface area (Å²) in [5.41, 5.74) is 2.02. The Balaban J connectivity index is 1.47. The summed E-state index contributed by atoms with van der Waals surface area (Å²) in [5.74, 6) is 0.292. The normalized spacial score (nSPS) is 29.3. The van der Waals surface area contributed by atoms with Crippen LogP contribution in [0.4, 0.5) is 0 Å². The highest BCUT2D eigenvalue weighted by Crippen LogP contribution is 2.36. The molecule has 0 aromatic carbocycles. The zero-order valence-corrected chi connectivity index (χ0v) is 13.8. The minimum absolute atomic E-state index is 0.292. The molecule has 0 radical (unpaired) electrons. The highest BCUT2D eigenvalue weighted by Gasteiger charge is 2.48. The molecule has 0 bridgehead atoms. The van der Waals surface area contributed by atoms with Gasteiger partial charge in [-0.3, -0.25) is 14.7 Å². The zero-order valence-electron chi connectivity index (χ0n) is 13.8. The maximum Gasteiger partial charge on any atom is 0.224 e. The number of aryl methyl sites for hydroxylation is 1. The fourth-order valence-electron chi connectivity index (χ4n) is 4.50. The van der Waals surface area contributed by atoms with Gasteiger partial charge in [-0.05, 0) is 38.3 Å². The van der Waals surface area contributed by atoms with E-state index in [1.807, 2.05) is 25.1 Å². The van der Waals surface area contributed by atoms with Crippen molar-refractivity contribution in [2.24, 2.45) is 0 Å². The summed E-state index contributed by atoms with van der Waals surface area (Å²) in [6, 6.07) is 7.42. The van der Waals surface area contributed by atoms with Crippen LogP contribution in [0.3, 0.4) is 0 Å². The lowest BCUT2D eigenvalue weighted by molar-refractivity contribution is -0.129. The van der Waals surface area contributed by atoms with E-state index in [4.69, 9.17) is 4.74 Å². The zero-order chi connectivity index (χ0) is 15.8.